The normalized spacial score (nSPS) is 26.2. The maximum absolute atomic E-state index is 13.8. The van der Waals surface area contributed by atoms with Crippen LogP contribution in [0.2, 0.25) is 0 Å². The molecule has 0 spiro atoms. The van der Waals surface area contributed by atoms with E-state index < -0.39 is 11.6 Å². The van der Waals surface area contributed by atoms with E-state index in [1.54, 1.807) is 6.07 Å². The van der Waals surface area contributed by atoms with Crippen molar-refractivity contribution in [1.82, 2.24) is 5.32 Å². The smallest absolute Gasteiger partial charge is 0.131 e. The summed E-state index contributed by atoms with van der Waals surface area (Å²) < 4.78 is 27.5. The zero-order chi connectivity index (χ0) is 14.7. The van der Waals surface area contributed by atoms with E-state index in [0.717, 1.165) is 37.3 Å². The molecule has 0 heterocycles. The fourth-order valence-electron chi connectivity index (χ4n) is 2.82. The molecule has 3 unspecified atom stereocenters. The van der Waals surface area contributed by atoms with Gasteiger partial charge < -0.3 is 5.32 Å². The van der Waals surface area contributed by atoms with Crippen LogP contribution in [0.1, 0.15) is 44.2 Å². The number of hydrogen-bond donors (Lipinski definition) is 1. The lowest BCUT2D eigenvalue weighted by Gasteiger charge is -2.32. The highest BCUT2D eigenvalue weighted by Crippen LogP contribution is 2.29. The van der Waals surface area contributed by atoms with Crippen molar-refractivity contribution in [2.75, 3.05) is 0 Å². The SMILES string of the molecule is CC1CCC(NCc2c(F)cc(C#N)cc2F)CC1C. The molecule has 108 valence electrons. The molecule has 0 saturated heterocycles. The molecule has 1 fully saturated rings. The second-order valence-corrected chi connectivity index (χ2v) is 5.88. The fraction of sp³-hybridized carbons (Fsp3) is 0.562. The van der Waals surface area contributed by atoms with E-state index in [9.17, 15) is 8.78 Å². The zero-order valence-corrected chi connectivity index (χ0v) is 11.9. The quantitative estimate of drug-likeness (QED) is 0.914. The van der Waals surface area contributed by atoms with Gasteiger partial charge in [0.25, 0.3) is 0 Å². The molecule has 3 atom stereocenters. The summed E-state index contributed by atoms with van der Waals surface area (Å²) in [5.74, 6) is 0.0610. The van der Waals surface area contributed by atoms with Crippen molar-refractivity contribution in [2.45, 2.75) is 45.7 Å². The molecule has 4 heteroatoms. The average Bonchev–Trinajstić information content (AvgIpc) is 2.41. The Bertz CT molecular complexity index is 499. The minimum atomic E-state index is -0.647. The summed E-state index contributed by atoms with van der Waals surface area (Å²) >= 11 is 0. The van der Waals surface area contributed by atoms with Crippen LogP contribution < -0.4 is 5.32 Å². The number of nitrogens with zero attached hydrogens (tertiary/aromatic N) is 1. The van der Waals surface area contributed by atoms with Gasteiger partial charge in [0.2, 0.25) is 0 Å². The van der Waals surface area contributed by atoms with Crippen LogP contribution in [-0.2, 0) is 6.54 Å². The fourth-order valence-corrected chi connectivity index (χ4v) is 2.82. The summed E-state index contributed by atoms with van der Waals surface area (Å²) in [7, 11) is 0. The van der Waals surface area contributed by atoms with Crippen LogP contribution in [-0.4, -0.2) is 6.04 Å². The Balaban J connectivity index is 2.00. The minimum Gasteiger partial charge on any atom is -0.310 e. The highest BCUT2D eigenvalue weighted by Gasteiger charge is 2.24. The van der Waals surface area contributed by atoms with Gasteiger partial charge in [-0.25, -0.2) is 8.78 Å². The topological polar surface area (TPSA) is 35.8 Å². The lowest BCUT2D eigenvalue weighted by atomic mass is 9.79. The van der Waals surface area contributed by atoms with Crippen LogP contribution in [0.25, 0.3) is 0 Å². The molecule has 0 aromatic heterocycles. The molecule has 1 N–H and O–H groups in total. The first-order valence-corrected chi connectivity index (χ1v) is 7.12. The van der Waals surface area contributed by atoms with Crippen molar-refractivity contribution in [1.29, 1.82) is 5.26 Å². The maximum atomic E-state index is 13.8. The third-order valence-electron chi connectivity index (χ3n) is 4.44. The molecule has 20 heavy (non-hydrogen) atoms. The van der Waals surface area contributed by atoms with Gasteiger partial charge in [-0.2, -0.15) is 5.26 Å². The van der Waals surface area contributed by atoms with Crippen LogP contribution in [0.4, 0.5) is 8.78 Å². The molecular formula is C16H20F2N2. The van der Waals surface area contributed by atoms with E-state index in [1.165, 1.54) is 0 Å². The predicted molar refractivity (Wildman–Crippen MR) is 73.9 cm³/mol. The number of halogens is 2. The van der Waals surface area contributed by atoms with Gasteiger partial charge in [-0.05, 0) is 43.2 Å². The molecule has 1 aliphatic carbocycles. The molecule has 0 amide bonds. The summed E-state index contributed by atoms with van der Waals surface area (Å²) in [5.41, 5.74) is 0.0409. The lowest BCUT2D eigenvalue weighted by molar-refractivity contribution is 0.224. The first-order valence-electron chi connectivity index (χ1n) is 7.12. The van der Waals surface area contributed by atoms with E-state index in [-0.39, 0.29) is 17.7 Å². The Morgan fingerprint density at radius 3 is 2.40 bits per heavy atom. The van der Waals surface area contributed by atoms with E-state index >= 15 is 0 Å². The number of nitriles is 1. The Morgan fingerprint density at radius 1 is 1.20 bits per heavy atom. The monoisotopic (exact) mass is 278 g/mol. The van der Waals surface area contributed by atoms with E-state index in [2.05, 4.69) is 19.2 Å². The summed E-state index contributed by atoms with van der Waals surface area (Å²) in [6.07, 6.45) is 3.24. The van der Waals surface area contributed by atoms with Gasteiger partial charge in [-0.15, -0.1) is 0 Å². The lowest BCUT2D eigenvalue weighted by Crippen LogP contribution is -2.36. The first-order chi connectivity index (χ1) is 9.51. The Kier molecular flexibility index (Phi) is 4.72. The predicted octanol–water partition coefficient (Wildman–Crippen LogP) is 3.75. The van der Waals surface area contributed by atoms with Gasteiger partial charge in [0.05, 0.1) is 11.6 Å². The summed E-state index contributed by atoms with van der Waals surface area (Å²) in [4.78, 5) is 0. The largest absolute Gasteiger partial charge is 0.310 e. The number of hydrogen-bond acceptors (Lipinski definition) is 2. The van der Waals surface area contributed by atoms with Crippen molar-refractivity contribution in [3.63, 3.8) is 0 Å². The summed E-state index contributed by atoms with van der Waals surface area (Å²) in [5, 5.41) is 11.9. The average molecular weight is 278 g/mol. The third kappa shape index (κ3) is 3.34. The Morgan fingerprint density at radius 2 is 1.85 bits per heavy atom. The van der Waals surface area contributed by atoms with Crippen molar-refractivity contribution < 1.29 is 8.78 Å². The molecule has 0 bridgehead atoms. The molecule has 0 radical (unpaired) electrons. The summed E-state index contributed by atoms with van der Waals surface area (Å²) in [6, 6.07) is 4.24. The second kappa shape index (κ2) is 6.32. The number of nitrogens with one attached hydrogen (secondary N) is 1. The molecule has 0 aliphatic heterocycles. The van der Waals surface area contributed by atoms with Gasteiger partial charge in [0.15, 0.2) is 0 Å². The van der Waals surface area contributed by atoms with Gasteiger partial charge in [0.1, 0.15) is 11.6 Å². The zero-order valence-electron chi connectivity index (χ0n) is 11.9. The molecule has 1 aliphatic rings. The van der Waals surface area contributed by atoms with Crippen molar-refractivity contribution in [3.05, 3.63) is 34.9 Å². The molecule has 1 aromatic carbocycles. The van der Waals surface area contributed by atoms with Crippen LogP contribution in [0.5, 0.6) is 0 Å². The second-order valence-electron chi connectivity index (χ2n) is 5.88. The number of rotatable bonds is 3. The van der Waals surface area contributed by atoms with Crippen molar-refractivity contribution >= 4 is 0 Å². The van der Waals surface area contributed by atoms with Gasteiger partial charge in [-0.1, -0.05) is 13.8 Å². The maximum Gasteiger partial charge on any atom is 0.131 e. The van der Waals surface area contributed by atoms with Gasteiger partial charge in [-0.3, -0.25) is 0 Å². The van der Waals surface area contributed by atoms with Gasteiger partial charge >= 0.3 is 0 Å². The molecule has 1 aromatic rings. The molecule has 1 saturated carbocycles. The van der Waals surface area contributed by atoms with Crippen LogP contribution in [0.3, 0.4) is 0 Å². The Hall–Kier alpha value is -1.47. The summed E-state index contributed by atoms with van der Waals surface area (Å²) in [6.45, 7) is 4.65. The molecular weight excluding hydrogens is 258 g/mol. The minimum absolute atomic E-state index is 0.0175. The van der Waals surface area contributed by atoms with Crippen molar-refractivity contribution in [2.24, 2.45) is 11.8 Å². The van der Waals surface area contributed by atoms with Crippen LogP contribution in [0.15, 0.2) is 12.1 Å². The third-order valence-corrected chi connectivity index (χ3v) is 4.44. The first kappa shape index (κ1) is 14.9. The van der Waals surface area contributed by atoms with E-state index in [0.29, 0.717) is 12.0 Å². The highest BCUT2D eigenvalue weighted by molar-refractivity contribution is 5.34. The highest BCUT2D eigenvalue weighted by atomic mass is 19.1. The van der Waals surface area contributed by atoms with Crippen molar-refractivity contribution in [3.8, 4) is 6.07 Å². The van der Waals surface area contributed by atoms with Crippen LogP contribution >= 0.6 is 0 Å². The number of benzene rings is 1. The molecule has 2 nitrogen and oxygen atoms in total. The van der Waals surface area contributed by atoms with E-state index in [1.807, 2.05) is 0 Å². The van der Waals surface area contributed by atoms with Crippen LogP contribution in [0, 0.1) is 34.8 Å². The van der Waals surface area contributed by atoms with Gasteiger partial charge in [0, 0.05) is 18.2 Å². The Labute approximate surface area is 118 Å². The standard InChI is InChI=1S/C16H20F2N2/c1-10-3-4-13(5-11(10)2)20-9-14-15(17)6-12(8-19)7-16(14)18/h6-7,10-11,13,20H,3-5,9H2,1-2H3. The molecule has 2 rings (SSSR count). The van der Waals surface area contributed by atoms with E-state index in [4.69, 9.17) is 5.26 Å².